The Labute approximate surface area is 638 Å². The number of hydrogen-bond donors (Lipinski definition) is 4. The number of unbranched alkanes of at least 4 members (excludes halogenated alkanes) is 27. The molecule has 4 N–H and O–H groups in total. The van der Waals surface area contributed by atoms with Crippen LogP contribution in [-0.2, 0) is 55.8 Å². The minimum absolute atomic E-state index is 0.0849. The first-order chi connectivity index (χ1) is 51.2. The normalized spacial score (nSPS) is 14.8. The van der Waals surface area contributed by atoms with Crippen molar-refractivity contribution < 1.29 is 75.8 Å². The molecule has 0 bridgehead atoms. The van der Waals surface area contributed by atoms with Crippen LogP contribution in [0.1, 0.15) is 316 Å². The zero-order valence-corrected chi connectivity index (χ0v) is 67.4. The van der Waals surface area contributed by atoms with E-state index in [1.54, 1.807) is 0 Å². The summed E-state index contributed by atoms with van der Waals surface area (Å²) in [5.41, 5.74) is 0. The average Bonchev–Trinajstić information content (AvgIpc) is 1.00. The molecule has 16 nitrogen and oxygen atoms in total. The fourth-order valence-electron chi connectivity index (χ4n) is 10.6. The molecule has 0 rings (SSSR count). The first-order valence-corrected chi connectivity index (χ1v) is 43.8. The molecule has 5 atom stereocenters. The van der Waals surface area contributed by atoms with Gasteiger partial charge in [-0.2, -0.15) is 0 Å². The average molecular weight is 1510 g/mol. The van der Waals surface area contributed by atoms with Crippen LogP contribution in [0.25, 0.3) is 0 Å². The number of esters is 3. The lowest BCUT2D eigenvalue weighted by Gasteiger charge is -2.21. The highest BCUT2D eigenvalue weighted by Gasteiger charge is 2.29. The van der Waals surface area contributed by atoms with Crippen LogP contribution in [0.5, 0.6) is 0 Å². The monoisotopic (exact) mass is 1510 g/mol. The van der Waals surface area contributed by atoms with Gasteiger partial charge in [0.2, 0.25) is 0 Å². The summed E-state index contributed by atoms with van der Waals surface area (Å²) >= 11 is 0. The summed E-state index contributed by atoms with van der Waals surface area (Å²) in [5, 5.41) is 20.6. The maximum atomic E-state index is 12.9. The summed E-state index contributed by atoms with van der Waals surface area (Å²) < 4.78 is 61.1. The van der Waals surface area contributed by atoms with Crippen LogP contribution in [0, 0.1) is 0 Å². The number of aliphatic hydroxyl groups excluding tert-OH is 2. The van der Waals surface area contributed by atoms with Gasteiger partial charge in [0.15, 0.2) is 6.10 Å². The third kappa shape index (κ3) is 80.0. The Kier molecular flexibility index (Phi) is 75.1. The third-order valence-electron chi connectivity index (χ3n) is 16.7. The lowest BCUT2D eigenvalue weighted by molar-refractivity contribution is -0.161. The Morgan fingerprint density at radius 3 is 0.810 bits per heavy atom. The molecule has 0 amide bonds. The second kappa shape index (κ2) is 78.7. The molecule has 0 aromatic rings. The highest BCUT2D eigenvalue weighted by molar-refractivity contribution is 7.47. The molecule has 0 aromatic heterocycles. The van der Waals surface area contributed by atoms with Gasteiger partial charge in [0.1, 0.15) is 25.4 Å². The predicted octanol–water partition coefficient (Wildman–Crippen LogP) is 24.2. The SMILES string of the molecule is CC/C=C\C/C=C\C/C=C\C/C=C\C/C=C\C/C=C\CCCCCCCCCCCCCCCCC(=O)OCC(O)COP(=O)(O)OCC(O)COP(=O)(O)OCC(COC(=O)CCCCCC/C=C\C/C=C\C/C=C\C/C=C\C/C=C\C/C=C\CC)OC(=O)CCCCCCC/C=C\CCCCCC. The molecule has 0 spiro atoms. The number of phosphoric ester groups is 2. The summed E-state index contributed by atoms with van der Waals surface area (Å²) in [6, 6.07) is 0. The predicted molar refractivity (Wildman–Crippen MR) is 435 cm³/mol. The molecule has 5 unspecified atom stereocenters. The van der Waals surface area contributed by atoms with E-state index in [1.165, 1.54) is 89.9 Å². The van der Waals surface area contributed by atoms with Crippen molar-refractivity contribution in [2.75, 3.05) is 39.6 Å². The third-order valence-corrected chi connectivity index (χ3v) is 18.6. The summed E-state index contributed by atoms with van der Waals surface area (Å²) in [5.74, 6) is -1.62. The summed E-state index contributed by atoms with van der Waals surface area (Å²) in [4.78, 5) is 58.6. The van der Waals surface area contributed by atoms with Gasteiger partial charge in [-0.15, -0.1) is 0 Å². The van der Waals surface area contributed by atoms with E-state index in [9.17, 15) is 43.5 Å². The lowest BCUT2D eigenvalue weighted by Crippen LogP contribution is -2.30. The van der Waals surface area contributed by atoms with Crippen molar-refractivity contribution in [1.29, 1.82) is 0 Å². The van der Waals surface area contributed by atoms with E-state index in [0.717, 1.165) is 167 Å². The van der Waals surface area contributed by atoms with Crippen molar-refractivity contribution >= 4 is 33.6 Å². The van der Waals surface area contributed by atoms with Crippen molar-refractivity contribution in [2.24, 2.45) is 0 Å². The molecular weight excluding hydrogens is 1360 g/mol. The Bertz CT molecular complexity index is 2540. The molecule has 18 heteroatoms. The van der Waals surface area contributed by atoms with Gasteiger partial charge in [0.05, 0.1) is 26.4 Å². The molecule has 0 saturated carbocycles. The molecular formula is C87H146O16P2. The van der Waals surface area contributed by atoms with Crippen LogP contribution in [0.4, 0.5) is 0 Å². The van der Waals surface area contributed by atoms with Crippen LogP contribution in [0.15, 0.2) is 158 Å². The molecule has 0 aliphatic rings. The van der Waals surface area contributed by atoms with Gasteiger partial charge in [-0.1, -0.05) is 307 Å². The van der Waals surface area contributed by atoms with Crippen LogP contribution < -0.4 is 0 Å². The van der Waals surface area contributed by atoms with E-state index >= 15 is 0 Å². The highest BCUT2D eigenvalue weighted by Crippen LogP contribution is 2.45. The van der Waals surface area contributed by atoms with Gasteiger partial charge in [-0.3, -0.25) is 32.5 Å². The minimum Gasteiger partial charge on any atom is -0.463 e. The number of allylic oxidation sites excluding steroid dienone is 26. The van der Waals surface area contributed by atoms with Crippen LogP contribution in [-0.4, -0.2) is 95.9 Å². The van der Waals surface area contributed by atoms with Crippen molar-refractivity contribution in [3.05, 3.63) is 158 Å². The Hall–Kier alpha value is -4.83. The number of rotatable bonds is 76. The van der Waals surface area contributed by atoms with Crippen LogP contribution in [0.2, 0.25) is 0 Å². The summed E-state index contributed by atoms with van der Waals surface area (Å²) in [6.45, 7) is 2.40. The second-order valence-electron chi connectivity index (χ2n) is 26.8. The standard InChI is InChI=1S/C87H146O16P2/c1-4-7-10-13-16-19-22-25-27-29-31-33-35-36-37-38-39-40-41-42-43-44-46-48-49-51-53-56-58-61-64-67-70-73-85(90)97-76-82(88)77-99-104(93,94)100-78-83(89)79-101-105(95,96)102-81-84(103-87(92)75-72-69-66-63-60-55-24-21-18-15-12-9-6-3)80-98-86(91)74-71-68-65-62-59-57-54-52-50-47-45-34-32-30-28-26-23-20-17-14-11-8-5-2/h7-8,10-11,16-17,19-21,24-28,31-34,36-37,39-40,47,50,54,57,82-84,88-89H,4-6,9,12-15,18,22-23,29-30,35,38,41-46,48-49,51-53,55-56,58-81H2,1-3H3,(H,93,94)(H,95,96)/b10-7-,11-8-,19-16-,20-17-,24-21-,27-25-,28-26-,33-31-,34-32-,37-36-,40-39-,50-47-,57-54-. The molecule has 0 heterocycles. The van der Waals surface area contributed by atoms with Gasteiger partial charge < -0.3 is 34.2 Å². The van der Waals surface area contributed by atoms with E-state index < -0.39 is 91.5 Å². The molecule has 0 radical (unpaired) electrons. The van der Waals surface area contributed by atoms with E-state index in [-0.39, 0.29) is 19.3 Å². The zero-order valence-electron chi connectivity index (χ0n) is 65.6. The minimum atomic E-state index is -4.94. The molecule has 600 valence electrons. The number of carbonyl (C=O) groups is 3. The van der Waals surface area contributed by atoms with Gasteiger partial charge in [-0.25, -0.2) is 9.13 Å². The quantitative estimate of drug-likeness (QED) is 0.0146. The Morgan fingerprint density at radius 1 is 0.276 bits per heavy atom. The molecule has 0 saturated heterocycles. The molecule has 0 aliphatic carbocycles. The lowest BCUT2D eigenvalue weighted by atomic mass is 10.0. The maximum absolute atomic E-state index is 12.9. The molecule has 0 aliphatic heterocycles. The van der Waals surface area contributed by atoms with Crippen molar-refractivity contribution in [2.45, 2.75) is 334 Å². The van der Waals surface area contributed by atoms with Crippen LogP contribution >= 0.6 is 15.6 Å². The Morgan fingerprint density at radius 2 is 0.505 bits per heavy atom. The van der Waals surface area contributed by atoms with E-state index in [4.69, 9.17) is 32.3 Å². The van der Waals surface area contributed by atoms with Crippen molar-refractivity contribution in [3.8, 4) is 0 Å². The number of hydrogen-bond acceptors (Lipinski definition) is 14. The maximum Gasteiger partial charge on any atom is 0.472 e. The fourth-order valence-corrected chi connectivity index (χ4v) is 12.2. The first kappa shape index (κ1) is 100. The highest BCUT2D eigenvalue weighted by atomic mass is 31.2. The molecule has 0 aromatic carbocycles. The topological polar surface area (TPSA) is 231 Å². The van der Waals surface area contributed by atoms with Gasteiger partial charge in [0, 0.05) is 19.3 Å². The largest absolute Gasteiger partial charge is 0.472 e. The smallest absolute Gasteiger partial charge is 0.463 e. The van der Waals surface area contributed by atoms with E-state index in [2.05, 4.69) is 179 Å². The van der Waals surface area contributed by atoms with Crippen molar-refractivity contribution in [1.82, 2.24) is 0 Å². The number of ether oxygens (including phenoxy) is 3. The van der Waals surface area contributed by atoms with E-state index in [1.807, 2.05) is 0 Å². The van der Waals surface area contributed by atoms with Gasteiger partial charge in [0.25, 0.3) is 0 Å². The first-order valence-electron chi connectivity index (χ1n) is 40.8. The zero-order chi connectivity index (χ0) is 76.6. The Balaban J connectivity index is 4.47. The van der Waals surface area contributed by atoms with Gasteiger partial charge >= 0.3 is 33.6 Å². The number of phosphoric acid groups is 2. The number of carbonyl (C=O) groups excluding carboxylic acids is 3. The van der Waals surface area contributed by atoms with Gasteiger partial charge in [-0.05, 0) is 148 Å². The van der Waals surface area contributed by atoms with E-state index in [0.29, 0.717) is 19.3 Å². The van der Waals surface area contributed by atoms with Crippen molar-refractivity contribution in [3.63, 3.8) is 0 Å². The molecule has 0 fully saturated rings. The fraction of sp³-hybridized carbons (Fsp3) is 0.667. The summed E-state index contributed by atoms with van der Waals surface area (Å²) in [6.07, 6.45) is 98.7. The van der Waals surface area contributed by atoms with Crippen LogP contribution in [0.3, 0.4) is 0 Å². The summed E-state index contributed by atoms with van der Waals surface area (Å²) in [7, 11) is -9.80. The number of aliphatic hydroxyl groups is 2. The second-order valence-corrected chi connectivity index (χ2v) is 29.7. The molecule has 105 heavy (non-hydrogen) atoms.